The van der Waals surface area contributed by atoms with Gasteiger partial charge in [-0.2, -0.15) is 5.10 Å². The summed E-state index contributed by atoms with van der Waals surface area (Å²) in [5, 5.41) is 8.48. The van der Waals surface area contributed by atoms with Crippen LogP contribution in [-0.2, 0) is 6.54 Å². The summed E-state index contributed by atoms with van der Waals surface area (Å²) in [4.78, 5) is 0. The molecule has 1 aliphatic rings. The smallest absolute Gasteiger partial charge is 0.129 e. The van der Waals surface area contributed by atoms with Gasteiger partial charge in [0.2, 0.25) is 0 Å². The van der Waals surface area contributed by atoms with Gasteiger partial charge in [-0.3, -0.25) is 4.68 Å². The molecule has 1 aliphatic heterocycles. The second-order valence-corrected chi connectivity index (χ2v) is 4.28. The molecule has 0 bridgehead atoms. The van der Waals surface area contributed by atoms with Crippen molar-refractivity contribution in [2.75, 3.05) is 6.54 Å². The number of nitrogens with one attached hydrogen (secondary N) is 1. The van der Waals surface area contributed by atoms with Crippen molar-refractivity contribution < 1.29 is 0 Å². The van der Waals surface area contributed by atoms with E-state index in [0.29, 0.717) is 6.04 Å². The summed E-state index contributed by atoms with van der Waals surface area (Å²) in [6.45, 7) is 4.07. The van der Waals surface area contributed by atoms with E-state index in [1.165, 1.54) is 12.8 Å². The average molecular weight is 214 g/mol. The lowest BCUT2D eigenvalue weighted by atomic mass is 10.1. The van der Waals surface area contributed by atoms with Crippen LogP contribution in [-0.4, -0.2) is 22.4 Å². The highest BCUT2D eigenvalue weighted by Crippen LogP contribution is 2.16. The van der Waals surface area contributed by atoms with E-state index in [1.54, 1.807) is 0 Å². The van der Waals surface area contributed by atoms with E-state index >= 15 is 0 Å². The number of aryl methyl sites for hydroxylation is 2. The molecular weight excluding hydrogens is 198 g/mol. The van der Waals surface area contributed by atoms with Gasteiger partial charge in [0.15, 0.2) is 0 Å². The van der Waals surface area contributed by atoms with Gasteiger partial charge in [-0.1, -0.05) is 11.6 Å². The molecule has 2 rings (SSSR count). The minimum Gasteiger partial charge on any atom is -0.314 e. The standard InChI is InChI=1S/C10H16ClN3/c1-8-7-13-14(10(8)11)6-4-9-3-2-5-12-9/h7,9,12H,2-6H2,1H3. The van der Waals surface area contributed by atoms with Crippen molar-refractivity contribution in [1.82, 2.24) is 15.1 Å². The molecule has 1 N–H and O–H groups in total. The fourth-order valence-electron chi connectivity index (χ4n) is 1.90. The van der Waals surface area contributed by atoms with Crippen molar-refractivity contribution in [3.8, 4) is 0 Å². The van der Waals surface area contributed by atoms with Crippen molar-refractivity contribution in [3.63, 3.8) is 0 Å². The predicted octanol–water partition coefficient (Wildman–Crippen LogP) is 1.99. The summed E-state index contributed by atoms with van der Waals surface area (Å²) in [5.74, 6) is 0. The maximum atomic E-state index is 6.07. The summed E-state index contributed by atoms with van der Waals surface area (Å²) >= 11 is 6.07. The van der Waals surface area contributed by atoms with Gasteiger partial charge in [0, 0.05) is 18.2 Å². The first-order valence-electron chi connectivity index (χ1n) is 5.18. The Morgan fingerprint density at radius 1 is 1.71 bits per heavy atom. The zero-order valence-electron chi connectivity index (χ0n) is 8.46. The van der Waals surface area contributed by atoms with Gasteiger partial charge in [-0.05, 0) is 32.7 Å². The maximum Gasteiger partial charge on any atom is 0.129 e. The lowest BCUT2D eigenvalue weighted by Crippen LogP contribution is -2.23. The Morgan fingerprint density at radius 3 is 3.14 bits per heavy atom. The second kappa shape index (κ2) is 4.32. The summed E-state index contributed by atoms with van der Waals surface area (Å²) in [7, 11) is 0. The highest BCUT2D eigenvalue weighted by atomic mass is 35.5. The first-order valence-corrected chi connectivity index (χ1v) is 5.56. The topological polar surface area (TPSA) is 29.9 Å². The molecule has 4 heteroatoms. The largest absolute Gasteiger partial charge is 0.314 e. The third-order valence-corrected chi connectivity index (χ3v) is 3.29. The highest BCUT2D eigenvalue weighted by Gasteiger charge is 2.14. The Balaban J connectivity index is 1.88. The third-order valence-electron chi connectivity index (χ3n) is 2.79. The number of nitrogens with zero attached hydrogens (tertiary/aromatic N) is 2. The molecular formula is C10H16ClN3. The number of hydrogen-bond acceptors (Lipinski definition) is 2. The lowest BCUT2D eigenvalue weighted by molar-refractivity contribution is 0.481. The Labute approximate surface area is 89.4 Å². The molecule has 1 aromatic heterocycles. The van der Waals surface area contributed by atoms with Gasteiger partial charge in [-0.25, -0.2) is 0 Å². The number of halogens is 1. The molecule has 1 atom stereocenters. The zero-order valence-corrected chi connectivity index (χ0v) is 9.22. The average Bonchev–Trinajstić information content (AvgIpc) is 2.77. The monoisotopic (exact) mass is 213 g/mol. The van der Waals surface area contributed by atoms with Gasteiger partial charge in [-0.15, -0.1) is 0 Å². The van der Waals surface area contributed by atoms with Crippen LogP contribution in [0.3, 0.4) is 0 Å². The molecule has 0 aromatic carbocycles. The first-order chi connectivity index (χ1) is 6.77. The summed E-state index contributed by atoms with van der Waals surface area (Å²) < 4.78 is 1.89. The molecule has 0 radical (unpaired) electrons. The van der Waals surface area contributed by atoms with E-state index in [9.17, 15) is 0 Å². The Bertz CT molecular complexity index is 302. The fourth-order valence-corrected chi connectivity index (χ4v) is 2.08. The van der Waals surface area contributed by atoms with Crippen molar-refractivity contribution in [3.05, 3.63) is 16.9 Å². The quantitative estimate of drug-likeness (QED) is 0.833. The minimum atomic E-state index is 0.663. The Hall–Kier alpha value is -0.540. The first kappa shape index (κ1) is 9.99. The van der Waals surface area contributed by atoms with Crippen LogP contribution >= 0.6 is 11.6 Å². The molecule has 0 saturated carbocycles. The minimum absolute atomic E-state index is 0.663. The fraction of sp³-hybridized carbons (Fsp3) is 0.700. The van der Waals surface area contributed by atoms with E-state index in [1.807, 2.05) is 17.8 Å². The van der Waals surface area contributed by atoms with E-state index in [4.69, 9.17) is 11.6 Å². The summed E-state index contributed by atoms with van der Waals surface area (Å²) in [6, 6.07) is 0.663. The van der Waals surface area contributed by atoms with Crippen LogP contribution in [0.15, 0.2) is 6.20 Å². The second-order valence-electron chi connectivity index (χ2n) is 3.92. The summed E-state index contributed by atoms with van der Waals surface area (Å²) in [6.07, 6.45) is 5.54. The number of rotatable bonds is 3. The normalized spacial score (nSPS) is 21.7. The van der Waals surface area contributed by atoms with Crippen LogP contribution < -0.4 is 5.32 Å². The van der Waals surface area contributed by atoms with E-state index < -0.39 is 0 Å². The molecule has 1 fully saturated rings. The molecule has 78 valence electrons. The SMILES string of the molecule is Cc1cnn(CCC2CCCN2)c1Cl. The van der Waals surface area contributed by atoms with Crippen LogP contribution in [0.25, 0.3) is 0 Å². The Morgan fingerprint density at radius 2 is 2.57 bits per heavy atom. The third kappa shape index (κ3) is 2.10. The van der Waals surface area contributed by atoms with Crippen LogP contribution in [0, 0.1) is 6.92 Å². The van der Waals surface area contributed by atoms with Crippen LogP contribution in [0.2, 0.25) is 5.15 Å². The number of hydrogen-bond donors (Lipinski definition) is 1. The predicted molar refractivity (Wildman–Crippen MR) is 57.6 cm³/mol. The van der Waals surface area contributed by atoms with Crippen molar-refractivity contribution in [1.29, 1.82) is 0 Å². The van der Waals surface area contributed by atoms with Crippen LogP contribution in [0.4, 0.5) is 0 Å². The molecule has 14 heavy (non-hydrogen) atoms. The molecule has 2 heterocycles. The van der Waals surface area contributed by atoms with Gasteiger partial charge in [0.05, 0.1) is 6.20 Å². The van der Waals surface area contributed by atoms with Crippen molar-refractivity contribution in [2.24, 2.45) is 0 Å². The molecule has 1 aromatic rings. The van der Waals surface area contributed by atoms with E-state index in [2.05, 4.69) is 10.4 Å². The lowest BCUT2D eigenvalue weighted by Gasteiger charge is -2.10. The molecule has 1 unspecified atom stereocenters. The van der Waals surface area contributed by atoms with Crippen LogP contribution in [0.1, 0.15) is 24.8 Å². The maximum absolute atomic E-state index is 6.07. The molecule has 0 spiro atoms. The van der Waals surface area contributed by atoms with Gasteiger partial charge in [0.1, 0.15) is 5.15 Å². The zero-order chi connectivity index (χ0) is 9.97. The van der Waals surface area contributed by atoms with Gasteiger partial charge >= 0.3 is 0 Å². The van der Waals surface area contributed by atoms with Gasteiger partial charge < -0.3 is 5.32 Å². The van der Waals surface area contributed by atoms with Crippen LogP contribution in [0.5, 0.6) is 0 Å². The van der Waals surface area contributed by atoms with E-state index in [0.717, 1.165) is 30.2 Å². The molecule has 3 nitrogen and oxygen atoms in total. The molecule has 0 amide bonds. The van der Waals surface area contributed by atoms with Crippen molar-refractivity contribution in [2.45, 2.75) is 38.8 Å². The van der Waals surface area contributed by atoms with Crippen molar-refractivity contribution >= 4 is 11.6 Å². The highest BCUT2D eigenvalue weighted by molar-refractivity contribution is 6.30. The Kier molecular flexibility index (Phi) is 3.08. The summed E-state index contributed by atoms with van der Waals surface area (Å²) in [5.41, 5.74) is 1.06. The number of aromatic nitrogens is 2. The molecule has 0 aliphatic carbocycles. The van der Waals surface area contributed by atoms with Gasteiger partial charge in [0.25, 0.3) is 0 Å². The molecule has 1 saturated heterocycles. The van der Waals surface area contributed by atoms with E-state index in [-0.39, 0.29) is 0 Å².